The van der Waals surface area contributed by atoms with E-state index in [2.05, 4.69) is 38.2 Å². The molecule has 0 saturated carbocycles. The Labute approximate surface area is 127 Å². The normalized spacial score (nSPS) is 17.0. The summed E-state index contributed by atoms with van der Waals surface area (Å²) in [5, 5.41) is 3.51. The number of benzene rings is 1. The molecule has 21 heavy (non-hydrogen) atoms. The van der Waals surface area contributed by atoms with Crippen molar-refractivity contribution in [2.75, 3.05) is 16.8 Å². The number of carbonyl (C=O) groups excluding carboxylic acids is 1. The van der Waals surface area contributed by atoms with Gasteiger partial charge in [0.05, 0.1) is 17.9 Å². The van der Waals surface area contributed by atoms with Crippen molar-refractivity contribution in [1.82, 2.24) is 0 Å². The smallest absolute Gasteiger partial charge is 0.414 e. The van der Waals surface area contributed by atoms with Gasteiger partial charge in [-0.15, -0.1) is 0 Å². The number of nitrogens with zero attached hydrogens (tertiary/aromatic N) is 1. The second kappa shape index (κ2) is 5.24. The van der Waals surface area contributed by atoms with E-state index in [9.17, 15) is 4.79 Å². The Balaban J connectivity index is 2.37. The van der Waals surface area contributed by atoms with Crippen molar-refractivity contribution in [2.24, 2.45) is 0 Å². The first-order valence-electron chi connectivity index (χ1n) is 7.53. The fourth-order valence-corrected chi connectivity index (χ4v) is 2.50. The van der Waals surface area contributed by atoms with Gasteiger partial charge in [-0.25, -0.2) is 4.79 Å². The number of anilines is 2. The van der Waals surface area contributed by atoms with E-state index in [0.29, 0.717) is 6.54 Å². The first-order chi connectivity index (χ1) is 9.61. The number of nitrogens with one attached hydrogen (secondary N) is 1. The monoisotopic (exact) mass is 290 g/mol. The molecule has 0 unspecified atom stereocenters. The number of ether oxygens (including phenoxy) is 1. The molecule has 1 aromatic carbocycles. The molecule has 0 aliphatic carbocycles. The Bertz CT molecular complexity index is 544. The van der Waals surface area contributed by atoms with E-state index in [1.165, 1.54) is 5.56 Å². The molecule has 0 atom stereocenters. The Hall–Kier alpha value is -1.71. The predicted octanol–water partition coefficient (Wildman–Crippen LogP) is 4.19. The third-order valence-electron chi connectivity index (χ3n) is 3.40. The number of carbonyl (C=O) groups is 1. The largest absolute Gasteiger partial charge is 0.443 e. The zero-order valence-corrected chi connectivity index (χ0v) is 13.9. The first-order valence-corrected chi connectivity index (χ1v) is 7.53. The highest BCUT2D eigenvalue weighted by Crippen LogP contribution is 2.36. The van der Waals surface area contributed by atoms with Crippen molar-refractivity contribution in [3.63, 3.8) is 0 Å². The van der Waals surface area contributed by atoms with Crippen LogP contribution in [0.1, 0.15) is 47.1 Å². The van der Waals surface area contributed by atoms with Crippen LogP contribution >= 0.6 is 0 Å². The van der Waals surface area contributed by atoms with Crippen LogP contribution in [0.3, 0.4) is 0 Å². The maximum absolute atomic E-state index is 12.5. The van der Waals surface area contributed by atoms with Gasteiger partial charge in [0.2, 0.25) is 0 Å². The molecule has 1 aliphatic rings. The van der Waals surface area contributed by atoms with Crippen LogP contribution in [-0.4, -0.2) is 23.8 Å². The summed E-state index contributed by atoms with van der Waals surface area (Å²) in [4.78, 5) is 14.2. The molecule has 1 aliphatic heterocycles. The van der Waals surface area contributed by atoms with E-state index >= 15 is 0 Å². The fraction of sp³-hybridized carbons (Fsp3) is 0.588. The van der Waals surface area contributed by atoms with Gasteiger partial charge in [0.1, 0.15) is 5.60 Å². The fourth-order valence-electron chi connectivity index (χ4n) is 2.50. The minimum atomic E-state index is -0.490. The van der Waals surface area contributed by atoms with Crippen molar-refractivity contribution in [2.45, 2.75) is 59.1 Å². The van der Waals surface area contributed by atoms with Crippen molar-refractivity contribution < 1.29 is 9.53 Å². The lowest BCUT2D eigenvalue weighted by Gasteiger charge is -2.41. The summed E-state index contributed by atoms with van der Waals surface area (Å²) in [5.41, 5.74) is 2.46. The molecule has 0 bridgehead atoms. The molecule has 1 heterocycles. The summed E-state index contributed by atoms with van der Waals surface area (Å²) >= 11 is 0. The molecule has 116 valence electrons. The van der Waals surface area contributed by atoms with E-state index in [1.807, 2.05) is 26.8 Å². The van der Waals surface area contributed by atoms with Gasteiger partial charge in [0, 0.05) is 5.54 Å². The topological polar surface area (TPSA) is 41.6 Å². The number of hydrogen-bond donors (Lipinski definition) is 1. The molecule has 1 aromatic rings. The molecule has 4 nitrogen and oxygen atoms in total. The minimum absolute atomic E-state index is 0.184. The molecule has 0 aromatic heterocycles. The van der Waals surface area contributed by atoms with Crippen LogP contribution in [0.2, 0.25) is 0 Å². The summed E-state index contributed by atoms with van der Waals surface area (Å²) in [7, 11) is 0. The van der Waals surface area contributed by atoms with Gasteiger partial charge in [-0.3, -0.25) is 4.90 Å². The van der Waals surface area contributed by atoms with Crippen LogP contribution in [-0.2, 0) is 11.2 Å². The maximum Gasteiger partial charge on any atom is 0.414 e. The summed E-state index contributed by atoms with van der Waals surface area (Å²) in [5.74, 6) is 0. The average molecular weight is 290 g/mol. The molecule has 1 amide bonds. The summed E-state index contributed by atoms with van der Waals surface area (Å²) in [6, 6.07) is 6.18. The Morgan fingerprint density at radius 1 is 1.38 bits per heavy atom. The quantitative estimate of drug-likeness (QED) is 0.843. The number of hydrogen-bond acceptors (Lipinski definition) is 3. The van der Waals surface area contributed by atoms with Gasteiger partial charge in [0.25, 0.3) is 0 Å². The van der Waals surface area contributed by atoms with Crippen LogP contribution in [0.25, 0.3) is 0 Å². The van der Waals surface area contributed by atoms with Crippen molar-refractivity contribution >= 4 is 17.5 Å². The Morgan fingerprint density at radius 2 is 2.05 bits per heavy atom. The second-order valence-electron chi connectivity index (χ2n) is 7.28. The van der Waals surface area contributed by atoms with Crippen molar-refractivity contribution in [3.05, 3.63) is 23.8 Å². The summed E-state index contributed by atoms with van der Waals surface area (Å²) < 4.78 is 5.54. The van der Waals surface area contributed by atoms with Crippen LogP contribution in [0, 0.1) is 0 Å². The second-order valence-corrected chi connectivity index (χ2v) is 7.28. The molecule has 4 heteroatoms. The Kier molecular flexibility index (Phi) is 3.91. The van der Waals surface area contributed by atoms with Crippen molar-refractivity contribution in [1.29, 1.82) is 0 Å². The molecule has 1 N–H and O–H groups in total. The van der Waals surface area contributed by atoms with E-state index < -0.39 is 5.60 Å². The maximum atomic E-state index is 12.5. The lowest BCUT2D eigenvalue weighted by atomic mass is 9.98. The molecule has 0 radical (unpaired) electrons. The van der Waals surface area contributed by atoms with Crippen LogP contribution in [0.15, 0.2) is 18.2 Å². The molecule has 0 saturated heterocycles. The van der Waals surface area contributed by atoms with Crippen LogP contribution in [0.5, 0.6) is 0 Å². The molecule has 2 rings (SSSR count). The van der Waals surface area contributed by atoms with Gasteiger partial charge >= 0.3 is 6.09 Å². The number of fused-ring (bicyclic) bond motifs is 1. The number of amides is 1. The third-order valence-corrected chi connectivity index (χ3v) is 3.40. The first kappa shape index (κ1) is 15.7. The van der Waals surface area contributed by atoms with E-state index in [-0.39, 0.29) is 11.6 Å². The lowest BCUT2D eigenvalue weighted by Crippen LogP contribution is -2.51. The van der Waals surface area contributed by atoms with Crippen LogP contribution in [0.4, 0.5) is 16.2 Å². The Morgan fingerprint density at radius 3 is 2.62 bits per heavy atom. The van der Waals surface area contributed by atoms with Gasteiger partial charge in [0.15, 0.2) is 0 Å². The van der Waals surface area contributed by atoms with Gasteiger partial charge in [-0.05, 0) is 58.7 Å². The molecule has 0 spiro atoms. The third kappa shape index (κ3) is 3.69. The predicted molar refractivity (Wildman–Crippen MR) is 87.1 cm³/mol. The highest BCUT2D eigenvalue weighted by molar-refractivity contribution is 5.94. The zero-order valence-electron chi connectivity index (χ0n) is 13.9. The summed E-state index contributed by atoms with van der Waals surface area (Å²) in [6.07, 6.45) is 0.685. The highest BCUT2D eigenvalue weighted by atomic mass is 16.6. The highest BCUT2D eigenvalue weighted by Gasteiger charge is 2.35. The van der Waals surface area contributed by atoms with Gasteiger partial charge in [-0.2, -0.15) is 0 Å². The van der Waals surface area contributed by atoms with E-state index in [0.717, 1.165) is 17.8 Å². The molecular formula is C17H26N2O2. The summed E-state index contributed by atoms with van der Waals surface area (Å²) in [6.45, 7) is 12.6. The molecule has 0 fully saturated rings. The van der Waals surface area contributed by atoms with Crippen LogP contribution < -0.4 is 10.2 Å². The average Bonchev–Trinajstić information content (AvgIpc) is 2.33. The molecular weight excluding hydrogens is 264 g/mol. The van der Waals surface area contributed by atoms with E-state index in [1.54, 1.807) is 4.90 Å². The van der Waals surface area contributed by atoms with Gasteiger partial charge < -0.3 is 10.1 Å². The number of aryl methyl sites for hydroxylation is 1. The van der Waals surface area contributed by atoms with E-state index in [4.69, 9.17) is 4.74 Å². The number of rotatable bonds is 1. The van der Waals surface area contributed by atoms with Gasteiger partial charge in [-0.1, -0.05) is 13.0 Å². The lowest BCUT2D eigenvalue weighted by molar-refractivity contribution is 0.0573. The zero-order chi connectivity index (χ0) is 15.8. The standard InChI is InChI=1S/C17H26N2O2/c1-7-12-8-9-14-13(10-12)18-17(5,6)11-19(14)15(20)21-16(2,3)4/h8-10,18H,7,11H2,1-6H3. The minimum Gasteiger partial charge on any atom is -0.443 e. The van der Waals surface area contributed by atoms with Crippen molar-refractivity contribution in [3.8, 4) is 0 Å². The SMILES string of the molecule is CCc1ccc2c(c1)NC(C)(C)CN2C(=O)OC(C)(C)C.